The summed E-state index contributed by atoms with van der Waals surface area (Å²) in [4.78, 5) is 10.9. The molecule has 0 aliphatic carbocycles. The van der Waals surface area contributed by atoms with E-state index in [1.807, 2.05) is 17.0 Å². The van der Waals surface area contributed by atoms with Crippen molar-refractivity contribution in [3.63, 3.8) is 0 Å². The molecular weight excluding hydrogens is 186 g/mol. The molecule has 15 heavy (non-hydrogen) atoms. The van der Waals surface area contributed by atoms with Gasteiger partial charge in [0.1, 0.15) is 0 Å². The highest BCUT2D eigenvalue weighted by Gasteiger charge is 1.93. The van der Waals surface area contributed by atoms with Crippen LogP contribution in [0.25, 0.3) is 0 Å². The van der Waals surface area contributed by atoms with E-state index in [2.05, 4.69) is 31.2 Å². The highest BCUT2D eigenvalue weighted by atomic mass is 16.1. The second-order valence-electron chi connectivity index (χ2n) is 3.69. The number of hydrogen-bond acceptors (Lipinski definition) is 1. The summed E-state index contributed by atoms with van der Waals surface area (Å²) >= 11 is 0. The van der Waals surface area contributed by atoms with Crippen LogP contribution in [0.5, 0.6) is 0 Å². The Morgan fingerprint density at radius 1 is 1.00 bits per heavy atom. The lowest BCUT2D eigenvalue weighted by atomic mass is 10.1. The number of hydrogen-bond donors (Lipinski definition) is 0. The lowest BCUT2D eigenvalue weighted by Gasteiger charge is -2.05. The van der Waals surface area contributed by atoms with Gasteiger partial charge >= 0.3 is 0 Å². The monoisotopic (exact) mass is 199 g/mol. The number of rotatable bonds is 2. The molecule has 0 spiro atoms. The Morgan fingerprint density at radius 3 is 2.20 bits per heavy atom. The highest BCUT2D eigenvalue weighted by molar-refractivity contribution is 5.21. The summed E-state index contributed by atoms with van der Waals surface area (Å²) in [6.45, 7) is 2.88. The smallest absolute Gasteiger partial charge is 0.181 e. The Labute approximate surface area is 88.8 Å². The van der Waals surface area contributed by atoms with Crippen LogP contribution < -0.4 is 5.43 Å². The van der Waals surface area contributed by atoms with Crippen molar-refractivity contribution < 1.29 is 0 Å². The van der Waals surface area contributed by atoms with Crippen LogP contribution in [0, 0.1) is 6.92 Å². The van der Waals surface area contributed by atoms with Crippen LogP contribution in [0.2, 0.25) is 0 Å². The number of aromatic nitrogens is 1. The molecule has 2 aromatic rings. The number of nitrogens with zero attached hydrogens (tertiary/aromatic N) is 1. The fourth-order valence-corrected chi connectivity index (χ4v) is 1.45. The molecule has 0 saturated carbocycles. The van der Waals surface area contributed by atoms with Crippen molar-refractivity contribution in [2.45, 2.75) is 13.5 Å². The van der Waals surface area contributed by atoms with E-state index in [1.54, 1.807) is 12.1 Å². The highest BCUT2D eigenvalue weighted by Crippen LogP contribution is 2.04. The van der Waals surface area contributed by atoms with E-state index in [9.17, 15) is 4.79 Å². The van der Waals surface area contributed by atoms with Crippen molar-refractivity contribution in [2.75, 3.05) is 0 Å². The first-order valence-electron chi connectivity index (χ1n) is 4.96. The minimum atomic E-state index is 0.0511. The molecule has 0 radical (unpaired) electrons. The van der Waals surface area contributed by atoms with Crippen LogP contribution in [-0.4, -0.2) is 4.57 Å². The quantitative estimate of drug-likeness (QED) is 0.726. The van der Waals surface area contributed by atoms with Crippen molar-refractivity contribution >= 4 is 0 Å². The first kappa shape index (κ1) is 9.71. The van der Waals surface area contributed by atoms with Gasteiger partial charge in [-0.05, 0) is 12.5 Å². The van der Waals surface area contributed by atoms with Crippen LogP contribution in [0.15, 0.2) is 53.6 Å². The molecule has 2 heteroatoms. The SMILES string of the molecule is Cc1ccc(Cn2ccc(=O)cc2)cc1. The second kappa shape index (κ2) is 4.13. The summed E-state index contributed by atoms with van der Waals surface area (Å²) < 4.78 is 1.99. The molecule has 1 aromatic carbocycles. The van der Waals surface area contributed by atoms with E-state index >= 15 is 0 Å². The van der Waals surface area contributed by atoms with E-state index in [1.165, 1.54) is 11.1 Å². The summed E-state index contributed by atoms with van der Waals surface area (Å²) in [6, 6.07) is 11.6. The maximum absolute atomic E-state index is 10.9. The van der Waals surface area contributed by atoms with E-state index in [-0.39, 0.29) is 5.43 Å². The molecular formula is C13H13NO. The van der Waals surface area contributed by atoms with Gasteiger partial charge in [0.05, 0.1) is 0 Å². The molecule has 1 heterocycles. The lowest BCUT2D eigenvalue weighted by molar-refractivity contribution is 0.788. The van der Waals surface area contributed by atoms with Gasteiger partial charge in [0.15, 0.2) is 5.43 Å². The van der Waals surface area contributed by atoms with Gasteiger partial charge in [-0.3, -0.25) is 4.79 Å². The van der Waals surface area contributed by atoms with Crippen LogP contribution in [0.4, 0.5) is 0 Å². The number of aryl methyl sites for hydroxylation is 1. The largest absolute Gasteiger partial charge is 0.350 e. The maximum Gasteiger partial charge on any atom is 0.181 e. The third-order valence-electron chi connectivity index (χ3n) is 2.35. The molecule has 0 aliphatic rings. The zero-order valence-electron chi connectivity index (χ0n) is 8.68. The third-order valence-corrected chi connectivity index (χ3v) is 2.35. The number of benzene rings is 1. The standard InChI is InChI=1S/C13H13NO/c1-11-2-4-12(5-3-11)10-14-8-6-13(15)7-9-14/h2-9H,10H2,1H3. The second-order valence-corrected chi connectivity index (χ2v) is 3.69. The van der Waals surface area contributed by atoms with E-state index < -0.39 is 0 Å². The molecule has 0 N–H and O–H groups in total. The van der Waals surface area contributed by atoms with E-state index in [0.29, 0.717) is 0 Å². The van der Waals surface area contributed by atoms with Gasteiger partial charge in [-0.2, -0.15) is 0 Å². The van der Waals surface area contributed by atoms with Gasteiger partial charge in [0.25, 0.3) is 0 Å². The summed E-state index contributed by atoms with van der Waals surface area (Å²) in [7, 11) is 0. The van der Waals surface area contributed by atoms with Gasteiger partial charge in [0.2, 0.25) is 0 Å². The summed E-state index contributed by atoms with van der Waals surface area (Å²) in [5, 5.41) is 0. The molecule has 2 nitrogen and oxygen atoms in total. The molecule has 0 fully saturated rings. The molecule has 0 aliphatic heterocycles. The average Bonchev–Trinajstić information content (AvgIpc) is 2.25. The Kier molecular flexibility index (Phi) is 2.68. The predicted molar refractivity (Wildman–Crippen MR) is 61.0 cm³/mol. The molecule has 0 unspecified atom stereocenters. The van der Waals surface area contributed by atoms with Crippen LogP contribution in [-0.2, 0) is 6.54 Å². The molecule has 0 bridgehead atoms. The Hall–Kier alpha value is -1.83. The van der Waals surface area contributed by atoms with Crippen LogP contribution in [0.3, 0.4) is 0 Å². The van der Waals surface area contributed by atoms with Gasteiger partial charge in [-0.25, -0.2) is 0 Å². The first-order valence-corrected chi connectivity index (χ1v) is 4.96. The molecule has 2 rings (SSSR count). The van der Waals surface area contributed by atoms with Crippen LogP contribution >= 0.6 is 0 Å². The molecule has 76 valence electrons. The normalized spacial score (nSPS) is 10.2. The Bertz CT molecular complexity index is 476. The van der Waals surface area contributed by atoms with Crippen molar-refractivity contribution in [1.29, 1.82) is 0 Å². The van der Waals surface area contributed by atoms with E-state index in [0.717, 1.165) is 6.54 Å². The Balaban J connectivity index is 2.18. The molecule has 0 atom stereocenters. The first-order chi connectivity index (χ1) is 7.24. The third kappa shape index (κ3) is 2.56. The van der Waals surface area contributed by atoms with Crippen molar-refractivity contribution in [1.82, 2.24) is 4.57 Å². The van der Waals surface area contributed by atoms with E-state index in [4.69, 9.17) is 0 Å². The predicted octanol–water partition coefficient (Wildman–Crippen LogP) is 2.21. The summed E-state index contributed by atoms with van der Waals surface area (Å²) in [6.07, 6.45) is 3.62. The lowest BCUT2D eigenvalue weighted by Crippen LogP contribution is -2.04. The van der Waals surface area contributed by atoms with Gasteiger partial charge in [-0.1, -0.05) is 29.8 Å². The molecule has 0 saturated heterocycles. The zero-order chi connectivity index (χ0) is 10.7. The van der Waals surface area contributed by atoms with Crippen molar-refractivity contribution in [2.24, 2.45) is 0 Å². The fourth-order valence-electron chi connectivity index (χ4n) is 1.45. The molecule has 0 amide bonds. The minimum Gasteiger partial charge on any atom is -0.350 e. The van der Waals surface area contributed by atoms with Crippen LogP contribution in [0.1, 0.15) is 11.1 Å². The maximum atomic E-state index is 10.9. The molecule has 1 aromatic heterocycles. The number of pyridine rings is 1. The van der Waals surface area contributed by atoms with Gasteiger partial charge in [-0.15, -0.1) is 0 Å². The van der Waals surface area contributed by atoms with Gasteiger partial charge in [0, 0.05) is 31.1 Å². The topological polar surface area (TPSA) is 22.0 Å². The van der Waals surface area contributed by atoms with Gasteiger partial charge < -0.3 is 4.57 Å². The minimum absolute atomic E-state index is 0.0511. The summed E-state index contributed by atoms with van der Waals surface area (Å²) in [5.74, 6) is 0. The van der Waals surface area contributed by atoms with Crippen molar-refractivity contribution in [3.05, 3.63) is 70.1 Å². The fraction of sp³-hybridized carbons (Fsp3) is 0.154. The van der Waals surface area contributed by atoms with Crippen molar-refractivity contribution in [3.8, 4) is 0 Å². The zero-order valence-corrected chi connectivity index (χ0v) is 8.68. The average molecular weight is 199 g/mol. The Morgan fingerprint density at radius 2 is 1.60 bits per heavy atom. The summed E-state index contributed by atoms with van der Waals surface area (Å²) in [5.41, 5.74) is 2.55.